The molecule has 2 rings (SSSR count). The van der Waals surface area contributed by atoms with Crippen LogP contribution >= 0.6 is 11.3 Å². The summed E-state index contributed by atoms with van der Waals surface area (Å²) in [4.78, 5) is 4.30. The molecule has 4 heteroatoms. The van der Waals surface area contributed by atoms with Crippen molar-refractivity contribution in [2.75, 3.05) is 14.2 Å². The summed E-state index contributed by atoms with van der Waals surface area (Å²) in [6, 6.07) is 3.93. The maximum absolute atomic E-state index is 5.28. The number of hydrogen-bond acceptors (Lipinski definition) is 4. The van der Waals surface area contributed by atoms with Gasteiger partial charge in [-0.2, -0.15) is 0 Å². The summed E-state index contributed by atoms with van der Waals surface area (Å²) in [6.45, 7) is 2.04. The highest BCUT2D eigenvalue weighted by atomic mass is 32.1. The molecule has 3 nitrogen and oxygen atoms in total. The lowest BCUT2D eigenvalue weighted by Gasteiger charge is -2.11. The van der Waals surface area contributed by atoms with E-state index in [0.29, 0.717) is 0 Å². The summed E-state index contributed by atoms with van der Waals surface area (Å²) >= 11 is 1.58. The Labute approximate surface area is 98.7 Å². The first kappa shape index (κ1) is 11.0. The molecule has 0 N–H and O–H groups in total. The lowest BCUT2D eigenvalue weighted by molar-refractivity contribution is 0.355. The monoisotopic (exact) mass is 235 g/mol. The number of nitrogens with zero attached hydrogens (tertiary/aromatic N) is 1. The van der Waals surface area contributed by atoms with Crippen molar-refractivity contribution >= 4 is 11.3 Å². The quantitative estimate of drug-likeness (QED) is 0.819. The van der Waals surface area contributed by atoms with E-state index in [1.54, 1.807) is 25.6 Å². The van der Waals surface area contributed by atoms with Crippen molar-refractivity contribution < 1.29 is 9.47 Å². The Hall–Kier alpha value is -1.55. The largest absolute Gasteiger partial charge is 0.493 e. The second-order valence-electron chi connectivity index (χ2n) is 3.40. The molecule has 0 spiro atoms. The third-order valence-electron chi connectivity index (χ3n) is 2.44. The molecule has 0 bridgehead atoms. The van der Waals surface area contributed by atoms with Gasteiger partial charge < -0.3 is 9.47 Å². The number of hydrogen-bond donors (Lipinski definition) is 0. The molecule has 2 aromatic rings. The Morgan fingerprint density at radius 3 is 2.38 bits per heavy atom. The van der Waals surface area contributed by atoms with E-state index in [2.05, 4.69) is 4.98 Å². The second-order valence-corrected chi connectivity index (χ2v) is 4.11. The van der Waals surface area contributed by atoms with Crippen molar-refractivity contribution in [3.8, 4) is 22.8 Å². The van der Waals surface area contributed by atoms with E-state index in [0.717, 1.165) is 28.3 Å². The van der Waals surface area contributed by atoms with Gasteiger partial charge in [0.2, 0.25) is 0 Å². The molecule has 84 valence electrons. The van der Waals surface area contributed by atoms with Gasteiger partial charge in [0.15, 0.2) is 11.5 Å². The van der Waals surface area contributed by atoms with Crippen LogP contribution in [0.15, 0.2) is 23.0 Å². The van der Waals surface area contributed by atoms with E-state index in [-0.39, 0.29) is 0 Å². The highest BCUT2D eigenvalue weighted by molar-refractivity contribution is 7.07. The third-order valence-corrected chi connectivity index (χ3v) is 3.03. The van der Waals surface area contributed by atoms with Crippen molar-refractivity contribution in [1.29, 1.82) is 0 Å². The molecule has 0 fully saturated rings. The average Bonchev–Trinajstić information content (AvgIpc) is 2.82. The van der Waals surface area contributed by atoms with E-state index >= 15 is 0 Å². The zero-order valence-electron chi connectivity index (χ0n) is 9.48. The second kappa shape index (κ2) is 4.53. The van der Waals surface area contributed by atoms with Gasteiger partial charge in [0.05, 0.1) is 25.4 Å². The minimum atomic E-state index is 0.733. The number of aromatic nitrogens is 1. The van der Waals surface area contributed by atoms with E-state index in [1.165, 1.54) is 0 Å². The molecule has 0 amide bonds. The summed E-state index contributed by atoms with van der Waals surface area (Å²) in [5, 5.41) is 2.02. The van der Waals surface area contributed by atoms with Crippen molar-refractivity contribution in [2.24, 2.45) is 0 Å². The molecule has 0 saturated heterocycles. The summed E-state index contributed by atoms with van der Waals surface area (Å²) in [5.74, 6) is 1.48. The number of methoxy groups -OCH3 is 2. The fourth-order valence-electron chi connectivity index (χ4n) is 1.60. The van der Waals surface area contributed by atoms with Gasteiger partial charge in [-0.25, -0.2) is 4.98 Å². The fourth-order valence-corrected chi connectivity index (χ4v) is 2.15. The first-order chi connectivity index (χ1) is 7.76. The molecule has 0 atom stereocenters. The van der Waals surface area contributed by atoms with Crippen molar-refractivity contribution in [3.63, 3.8) is 0 Å². The molecule has 1 aromatic carbocycles. The smallest absolute Gasteiger partial charge is 0.161 e. The summed E-state index contributed by atoms with van der Waals surface area (Å²) in [7, 11) is 3.28. The lowest BCUT2D eigenvalue weighted by atomic mass is 10.1. The van der Waals surface area contributed by atoms with Gasteiger partial charge in [-0.05, 0) is 24.6 Å². The number of rotatable bonds is 3. The van der Waals surface area contributed by atoms with Crippen molar-refractivity contribution in [1.82, 2.24) is 4.98 Å². The molecule has 16 heavy (non-hydrogen) atoms. The van der Waals surface area contributed by atoms with Crippen molar-refractivity contribution in [3.05, 3.63) is 28.6 Å². The molecule has 1 heterocycles. The predicted octanol–water partition coefficient (Wildman–Crippen LogP) is 3.14. The molecular formula is C12H13NO2S. The van der Waals surface area contributed by atoms with E-state index < -0.39 is 0 Å². The Morgan fingerprint density at radius 1 is 1.12 bits per heavy atom. The molecule has 0 radical (unpaired) electrons. The van der Waals surface area contributed by atoms with Crippen molar-refractivity contribution in [2.45, 2.75) is 6.92 Å². The first-order valence-electron chi connectivity index (χ1n) is 4.87. The molecule has 1 aromatic heterocycles. The minimum Gasteiger partial charge on any atom is -0.493 e. The van der Waals surface area contributed by atoms with Crippen LogP contribution in [0.5, 0.6) is 11.5 Å². The summed E-state index contributed by atoms with van der Waals surface area (Å²) in [5.41, 5.74) is 5.01. The Kier molecular flexibility index (Phi) is 3.10. The molecule has 0 unspecified atom stereocenters. The average molecular weight is 235 g/mol. The zero-order chi connectivity index (χ0) is 11.5. The topological polar surface area (TPSA) is 31.4 Å². The lowest BCUT2D eigenvalue weighted by Crippen LogP contribution is -1.93. The Balaban J connectivity index is 2.55. The van der Waals surface area contributed by atoms with Gasteiger partial charge in [-0.1, -0.05) is 0 Å². The van der Waals surface area contributed by atoms with Crippen LogP contribution in [0.3, 0.4) is 0 Å². The van der Waals surface area contributed by atoms with Crippen LogP contribution in [0.1, 0.15) is 5.56 Å². The zero-order valence-corrected chi connectivity index (χ0v) is 10.3. The fraction of sp³-hybridized carbons (Fsp3) is 0.250. The van der Waals surface area contributed by atoms with Gasteiger partial charge >= 0.3 is 0 Å². The standard InChI is InChI=1S/C12H13NO2S/c1-8-4-11(14-2)12(15-3)5-9(8)10-6-16-7-13-10/h4-7H,1-3H3. The normalized spacial score (nSPS) is 10.2. The van der Waals surface area contributed by atoms with Gasteiger partial charge in [0.1, 0.15) is 0 Å². The number of aryl methyl sites for hydroxylation is 1. The third kappa shape index (κ3) is 1.88. The maximum atomic E-state index is 5.28. The minimum absolute atomic E-state index is 0.733. The van der Waals surface area contributed by atoms with E-state index in [4.69, 9.17) is 9.47 Å². The molecule has 0 aliphatic heterocycles. The number of benzene rings is 1. The van der Waals surface area contributed by atoms with Gasteiger partial charge in [-0.15, -0.1) is 11.3 Å². The van der Waals surface area contributed by atoms with E-state index in [9.17, 15) is 0 Å². The SMILES string of the molecule is COc1cc(C)c(-c2cscn2)cc1OC. The Morgan fingerprint density at radius 2 is 1.81 bits per heavy atom. The molecule has 0 aliphatic carbocycles. The van der Waals surface area contributed by atoms with E-state index in [1.807, 2.05) is 29.9 Å². The Bertz CT molecular complexity index is 480. The molecular weight excluding hydrogens is 222 g/mol. The number of thiazole rings is 1. The predicted molar refractivity (Wildman–Crippen MR) is 65.4 cm³/mol. The van der Waals surface area contributed by atoms with Crippen LogP contribution in [0.2, 0.25) is 0 Å². The van der Waals surface area contributed by atoms with Gasteiger partial charge in [-0.3, -0.25) is 0 Å². The first-order valence-corrected chi connectivity index (χ1v) is 5.81. The highest BCUT2D eigenvalue weighted by Gasteiger charge is 2.10. The van der Waals surface area contributed by atoms with Crippen LogP contribution in [0, 0.1) is 6.92 Å². The molecule has 0 saturated carbocycles. The highest BCUT2D eigenvalue weighted by Crippen LogP contribution is 2.34. The molecule has 0 aliphatic rings. The summed E-state index contributed by atoms with van der Waals surface area (Å²) < 4.78 is 10.5. The van der Waals surface area contributed by atoms with Crippen LogP contribution < -0.4 is 9.47 Å². The summed E-state index contributed by atoms with van der Waals surface area (Å²) in [6.07, 6.45) is 0. The van der Waals surface area contributed by atoms with Crippen LogP contribution in [-0.2, 0) is 0 Å². The van der Waals surface area contributed by atoms with Crippen LogP contribution in [0.4, 0.5) is 0 Å². The van der Waals surface area contributed by atoms with Gasteiger partial charge in [0.25, 0.3) is 0 Å². The van der Waals surface area contributed by atoms with Crippen LogP contribution in [-0.4, -0.2) is 19.2 Å². The maximum Gasteiger partial charge on any atom is 0.161 e. The van der Waals surface area contributed by atoms with Gasteiger partial charge in [0, 0.05) is 10.9 Å². The van der Waals surface area contributed by atoms with Crippen LogP contribution in [0.25, 0.3) is 11.3 Å². The number of ether oxygens (including phenoxy) is 2.